The van der Waals surface area contributed by atoms with E-state index in [1.54, 1.807) is 6.07 Å². The maximum atomic E-state index is 13.6. The molecule has 2 N–H and O–H groups in total. The van der Waals surface area contributed by atoms with Gasteiger partial charge in [0.05, 0.1) is 23.9 Å². The minimum absolute atomic E-state index is 0.0204. The summed E-state index contributed by atoms with van der Waals surface area (Å²) >= 11 is 0. The van der Waals surface area contributed by atoms with Crippen molar-refractivity contribution < 1.29 is 32.1 Å². The van der Waals surface area contributed by atoms with Crippen molar-refractivity contribution in [1.29, 1.82) is 0 Å². The van der Waals surface area contributed by atoms with Crippen molar-refractivity contribution in [3.05, 3.63) is 59.7 Å². The molecule has 27 heavy (non-hydrogen) atoms. The average Bonchev–Trinajstić information content (AvgIpc) is 3.10. The van der Waals surface area contributed by atoms with Crippen LogP contribution in [0, 0.1) is 5.82 Å². The highest BCUT2D eigenvalue weighted by atomic mass is 19.4. The summed E-state index contributed by atoms with van der Waals surface area (Å²) in [6.07, 6.45) is -2.50. The number of pyridine rings is 1. The minimum atomic E-state index is -4.49. The van der Waals surface area contributed by atoms with Gasteiger partial charge < -0.3 is 19.6 Å². The van der Waals surface area contributed by atoms with Gasteiger partial charge in [-0.25, -0.2) is 9.37 Å². The van der Waals surface area contributed by atoms with Gasteiger partial charge in [0.1, 0.15) is 12.4 Å². The molecule has 2 aromatic heterocycles. The van der Waals surface area contributed by atoms with Gasteiger partial charge >= 0.3 is 6.18 Å². The second-order valence-corrected chi connectivity index (χ2v) is 5.60. The zero-order valence-corrected chi connectivity index (χ0v) is 14.0. The second kappa shape index (κ2) is 7.18. The van der Waals surface area contributed by atoms with Crippen LogP contribution in [-0.4, -0.2) is 22.2 Å². The topological polar surface area (TPSA) is 67.4 Å². The normalized spacial score (nSPS) is 11.4. The molecule has 142 valence electrons. The van der Waals surface area contributed by atoms with Crippen molar-refractivity contribution in [3.8, 4) is 28.6 Å². The van der Waals surface area contributed by atoms with E-state index < -0.39 is 17.6 Å². The predicted octanol–water partition coefficient (Wildman–Crippen LogP) is 4.53. The first kappa shape index (κ1) is 18.6. The number of rotatable bonds is 5. The quantitative estimate of drug-likeness (QED) is 0.637. The highest BCUT2D eigenvalue weighted by Crippen LogP contribution is 2.35. The molecule has 9 heteroatoms. The van der Waals surface area contributed by atoms with E-state index in [4.69, 9.17) is 9.47 Å². The number of hydrogen-bond acceptors (Lipinski definition) is 4. The van der Waals surface area contributed by atoms with Crippen LogP contribution in [0.3, 0.4) is 0 Å². The minimum Gasteiger partial charge on any atom is -0.507 e. The summed E-state index contributed by atoms with van der Waals surface area (Å²) in [7, 11) is 1.35. The summed E-state index contributed by atoms with van der Waals surface area (Å²) in [5, 5.41) is 10.1. The Morgan fingerprint density at radius 3 is 2.56 bits per heavy atom. The van der Waals surface area contributed by atoms with Crippen molar-refractivity contribution >= 4 is 0 Å². The molecular weight excluding hydrogens is 368 g/mol. The van der Waals surface area contributed by atoms with Gasteiger partial charge in [-0.1, -0.05) is 6.07 Å². The van der Waals surface area contributed by atoms with Gasteiger partial charge in [0, 0.05) is 18.5 Å². The van der Waals surface area contributed by atoms with Crippen LogP contribution in [0.2, 0.25) is 0 Å². The third-order valence-electron chi connectivity index (χ3n) is 3.76. The summed E-state index contributed by atoms with van der Waals surface area (Å²) in [5.74, 6) is -0.716. The van der Waals surface area contributed by atoms with Crippen LogP contribution in [0.1, 0.15) is 11.1 Å². The highest BCUT2D eigenvalue weighted by Gasteiger charge is 2.32. The van der Waals surface area contributed by atoms with Crippen LogP contribution in [0.15, 0.2) is 42.7 Å². The number of halogens is 4. The smallest absolute Gasteiger partial charge is 0.417 e. The Balaban J connectivity index is 1.73. The molecule has 1 aromatic carbocycles. The van der Waals surface area contributed by atoms with E-state index >= 15 is 0 Å². The summed E-state index contributed by atoms with van der Waals surface area (Å²) in [6, 6.07) is 6.34. The van der Waals surface area contributed by atoms with Crippen LogP contribution in [0.5, 0.6) is 17.4 Å². The van der Waals surface area contributed by atoms with E-state index in [1.165, 1.54) is 31.5 Å². The van der Waals surface area contributed by atoms with Crippen molar-refractivity contribution in [2.24, 2.45) is 0 Å². The van der Waals surface area contributed by atoms with Crippen LogP contribution >= 0.6 is 0 Å². The fraction of sp³-hybridized carbons (Fsp3) is 0.167. The SMILES string of the molecule is COc1ccc(COc2cc(O)c(-c3cc(C(F)(F)F)c[nH]3)cn2)cc1F. The van der Waals surface area contributed by atoms with E-state index in [0.29, 0.717) is 5.56 Å². The second-order valence-electron chi connectivity index (χ2n) is 5.60. The van der Waals surface area contributed by atoms with Crippen molar-refractivity contribution in [3.63, 3.8) is 0 Å². The molecule has 0 aliphatic heterocycles. The van der Waals surface area contributed by atoms with Crippen molar-refractivity contribution in [1.82, 2.24) is 9.97 Å². The number of nitrogens with zero attached hydrogens (tertiary/aromatic N) is 1. The molecule has 5 nitrogen and oxygen atoms in total. The van der Waals surface area contributed by atoms with Gasteiger partial charge in [-0.15, -0.1) is 0 Å². The van der Waals surface area contributed by atoms with Crippen molar-refractivity contribution in [2.45, 2.75) is 12.8 Å². The van der Waals surface area contributed by atoms with Crippen molar-refractivity contribution in [2.75, 3.05) is 7.11 Å². The molecule has 0 unspecified atom stereocenters. The summed E-state index contributed by atoms with van der Waals surface area (Å²) in [4.78, 5) is 6.41. The number of aromatic amines is 1. The van der Waals surface area contributed by atoms with Gasteiger partial charge in [-0.3, -0.25) is 0 Å². The molecule has 2 heterocycles. The first-order chi connectivity index (χ1) is 12.8. The van der Waals surface area contributed by atoms with Crippen LogP contribution in [0.4, 0.5) is 17.6 Å². The van der Waals surface area contributed by atoms with E-state index in [-0.39, 0.29) is 35.2 Å². The van der Waals surface area contributed by atoms with Crippen LogP contribution in [-0.2, 0) is 12.8 Å². The number of aromatic hydroxyl groups is 1. The molecule has 0 bridgehead atoms. The molecule has 0 aliphatic carbocycles. The summed E-state index contributed by atoms with van der Waals surface area (Å²) in [5.41, 5.74) is -0.193. The molecule has 3 aromatic rings. The fourth-order valence-corrected chi connectivity index (χ4v) is 2.38. The van der Waals surface area contributed by atoms with Crippen LogP contribution in [0.25, 0.3) is 11.3 Å². The lowest BCUT2D eigenvalue weighted by Crippen LogP contribution is -2.02. The standard InChI is InChI=1S/C18H14F4N2O3/c1-26-16-3-2-10(4-13(16)19)9-27-17-6-15(25)12(8-24-17)14-5-11(7-23-14)18(20,21)22/h2-8,23H,9H2,1H3,(H,24,25). The Morgan fingerprint density at radius 1 is 1.19 bits per heavy atom. The third kappa shape index (κ3) is 4.13. The summed E-state index contributed by atoms with van der Waals surface area (Å²) < 4.78 is 61.9. The van der Waals surface area contributed by atoms with Gasteiger partial charge in [0.15, 0.2) is 11.6 Å². The molecule has 0 fully saturated rings. The van der Waals surface area contributed by atoms with Crippen LogP contribution < -0.4 is 9.47 Å². The first-order valence-electron chi connectivity index (χ1n) is 7.68. The van der Waals surface area contributed by atoms with Gasteiger partial charge in [0.2, 0.25) is 5.88 Å². The first-order valence-corrected chi connectivity index (χ1v) is 7.68. The molecule has 0 spiro atoms. The maximum absolute atomic E-state index is 13.6. The highest BCUT2D eigenvalue weighted by molar-refractivity contribution is 5.67. The Labute approximate surface area is 151 Å². The summed E-state index contributed by atoms with van der Waals surface area (Å²) in [6.45, 7) is -0.0204. The Kier molecular flexibility index (Phi) is 4.93. The lowest BCUT2D eigenvalue weighted by Gasteiger charge is -2.09. The molecule has 0 saturated heterocycles. The Hall–Kier alpha value is -3.23. The number of benzene rings is 1. The monoisotopic (exact) mass is 382 g/mol. The lowest BCUT2D eigenvalue weighted by molar-refractivity contribution is -0.137. The maximum Gasteiger partial charge on any atom is 0.417 e. The number of ether oxygens (including phenoxy) is 2. The molecule has 0 saturated carbocycles. The van der Waals surface area contributed by atoms with E-state index in [1.807, 2.05) is 0 Å². The Morgan fingerprint density at radius 2 is 1.96 bits per heavy atom. The predicted molar refractivity (Wildman–Crippen MR) is 88.0 cm³/mol. The molecule has 0 atom stereocenters. The molecular formula is C18H14F4N2O3. The number of methoxy groups -OCH3 is 1. The number of nitrogens with one attached hydrogen (secondary N) is 1. The molecule has 0 amide bonds. The van der Waals surface area contributed by atoms with E-state index in [9.17, 15) is 22.7 Å². The largest absolute Gasteiger partial charge is 0.507 e. The Bertz CT molecular complexity index is 954. The fourth-order valence-electron chi connectivity index (χ4n) is 2.38. The number of aromatic nitrogens is 2. The third-order valence-corrected chi connectivity index (χ3v) is 3.76. The van der Waals surface area contributed by atoms with E-state index in [0.717, 1.165) is 12.3 Å². The zero-order valence-electron chi connectivity index (χ0n) is 14.0. The molecule has 3 rings (SSSR count). The lowest BCUT2D eigenvalue weighted by atomic mass is 10.2. The van der Waals surface area contributed by atoms with Gasteiger partial charge in [0.25, 0.3) is 0 Å². The number of alkyl halides is 3. The van der Waals surface area contributed by atoms with Gasteiger partial charge in [-0.05, 0) is 23.8 Å². The number of H-pyrrole nitrogens is 1. The molecule has 0 radical (unpaired) electrons. The molecule has 0 aliphatic rings. The number of hydrogen-bond donors (Lipinski definition) is 2. The van der Waals surface area contributed by atoms with Gasteiger partial charge in [-0.2, -0.15) is 13.2 Å². The van der Waals surface area contributed by atoms with E-state index in [2.05, 4.69) is 9.97 Å². The average molecular weight is 382 g/mol. The zero-order chi connectivity index (χ0) is 19.6.